The summed E-state index contributed by atoms with van der Waals surface area (Å²) in [5, 5.41) is 0. The molecule has 79 valence electrons. The van der Waals surface area contributed by atoms with E-state index in [0.29, 0.717) is 0 Å². The minimum absolute atomic E-state index is 0. The molecule has 1 fully saturated rings. The van der Waals surface area contributed by atoms with E-state index in [4.69, 9.17) is 0 Å². The third-order valence-corrected chi connectivity index (χ3v) is 3.19. The Kier molecular flexibility index (Phi) is 10.6. The molecule has 0 aromatic heterocycles. The van der Waals surface area contributed by atoms with Gasteiger partial charge in [0, 0.05) is 0 Å². The average Bonchev–Trinajstić information content (AvgIpc) is 2.19. The van der Waals surface area contributed by atoms with Crippen LogP contribution in [0.3, 0.4) is 0 Å². The fourth-order valence-corrected chi connectivity index (χ4v) is 2.28. The Bertz CT molecular complexity index is 106. The van der Waals surface area contributed by atoms with E-state index < -0.39 is 0 Å². The van der Waals surface area contributed by atoms with Crippen LogP contribution in [0.15, 0.2) is 0 Å². The molecule has 0 unspecified atom stereocenters. The summed E-state index contributed by atoms with van der Waals surface area (Å²) in [6, 6.07) is 0. The molecule has 0 aromatic carbocycles. The average molecular weight is 189 g/mol. The first-order chi connectivity index (χ1) is 6.43. The van der Waals surface area contributed by atoms with E-state index in [1.807, 2.05) is 5.92 Å². The third kappa shape index (κ3) is 6.96. The van der Waals surface area contributed by atoms with E-state index in [-0.39, 0.29) is 18.9 Å². The monoisotopic (exact) mass is 189 g/mol. The van der Waals surface area contributed by atoms with Crippen molar-refractivity contribution < 1.29 is 0 Å². The summed E-state index contributed by atoms with van der Waals surface area (Å²) in [7, 11) is 0. The van der Waals surface area contributed by atoms with Gasteiger partial charge in [-0.1, -0.05) is 58.3 Å². The Morgan fingerprint density at radius 2 is 1.50 bits per heavy atom. The molecular formula is C13H26Li. The molecule has 0 spiro atoms. The van der Waals surface area contributed by atoms with Gasteiger partial charge in [0.1, 0.15) is 0 Å². The molecule has 0 aromatic rings. The topological polar surface area (TPSA) is 0 Å². The fourth-order valence-electron chi connectivity index (χ4n) is 2.28. The standard InChI is InChI=1S/C13H25.Li.H/c1-2-3-4-5-7-10-13-11-8-6-9-12-13;;/h2-12H2,1H3;;. The van der Waals surface area contributed by atoms with Crippen molar-refractivity contribution in [2.75, 3.05) is 0 Å². The van der Waals surface area contributed by atoms with Crippen LogP contribution >= 0.6 is 0 Å². The van der Waals surface area contributed by atoms with Crippen LogP contribution < -0.4 is 0 Å². The van der Waals surface area contributed by atoms with Crippen LogP contribution in [0.4, 0.5) is 0 Å². The summed E-state index contributed by atoms with van der Waals surface area (Å²) in [5.41, 5.74) is 0. The van der Waals surface area contributed by atoms with Crippen molar-refractivity contribution in [1.29, 1.82) is 0 Å². The predicted molar refractivity (Wildman–Crippen MR) is 66.9 cm³/mol. The Labute approximate surface area is 102 Å². The van der Waals surface area contributed by atoms with Crippen molar-refractivity contribution in [2.45, 2.75) is 77.6 Å². The number of unbranched alkanes of at least 4 members (excludes halogenated alkanes) is 4. The maximum atomic E-state index is 2.29. The summed E-state index contributed by atoms with van der Waals surface area (Å²) in [5.74, 6) is 1.88. The molecule has 1 radical (unpaired) electrons. The van der Waals surface area contributed by atoms with Crippen molar-refractivity contribution in [1.82, 2.24) is 0 Å². The fraction of sp³-hybridized carbons (Fsp3) is 0.923. The van der Waals surface area contributed by atoms with Crippen molar-refractivity contribution in [3.8, 4) is 0 Å². The first-order valence-electron chi connectivity index (χ1n) is 6.27. The van der Waals surface area contributed by atoms with Crippen molar-refractivity contribution >= 4 is 18.9 Å². The number of hydrogen-bond donors (Lipinski definition) is 0. The van der Waals surface area contributed by atoms with E-state index in [9.17, 15) is 0 Å². The molecule has 0 saturated heterocycles. The third-order valence-electron chi connectivity index (χ3n) is 3.19. The maximum absolute atomic E-state index is 2.29. The Balaban J connectivity index is 0.00000169. The molecule has 1 heteroatoms. The van der Waals surface area contributed by atoms with E-state index in [0.717, 1.165) is 0 Å². The molecule has 0 N–H and O–H groups in total. The summed E-state index contributed by atoms with van der Waals surface area (Å²) >= 11 is 0. The van der Waals surface area contributed by atoms with Crippen LogP contribution in [-0.2, 0) is 0 Å². The molecule has 0 heterocycles. The number of hydrogen-bond acceptors (Lipinski definition) is 0. The molecule has 14 heavy (non-hydrogen) atoms. The van der Waals surface area contributed by atoms with Crippen LogP contribution in [0.25, 0.3) is 0 Å². The van der Waals surface area contributed by atoms with Crippen LogP contribution in [0, 0.1) is 5.92 Å². The van der Waals surface area contributed by atoms with Crippen molar-refractivity contribution in [3.63, 3.8) is 0 Å². The van der Waals surface area contributed by atoms with Gasteiger partial charge in [0.25, 0.3) is 0 Å². The van der Waals surface area contributed by atoms with Crippen LogP contribution in [0.1, 0.15) is 77.6 Å². The van der Waals surface area contributed by atoms with E-state index in [2.05, 4.69) is 6.92 Å². The van der Waals surface area contributed by atoms with E-state index in [1.165, 1.54) is 70.6 Å². The molecule has 0 nitrogen and oxygen atoms in total. The second-order valence-electron chi connectivity index (χ2n) is 4.47. The Morgan fingerprint density at radius 3 is 2.14 bits per heavy atom. The molecule has 1 saturated carbocycles. The molecule has 0 atom stereocenters. The summed E-state index contributed by atoms with van der Waals surface area (Å²) in [6.07, 6.45) is 16.0. The normalized spacial score (nSPS) is 17.8. The van der Waals surface area contributed by atoms with Crippen LogP contribution in [0.2, 0.25) is 0 Å². The van der Waals surface area contributed by atoms with Gasteiger partial charge in [-0.2, -0.15) is 0 Å². The van der Waals surface area contributed by atoms with Crippen molar-refractivity contribution in [2.24, 2.45) is 0 Å². The van der Waals surface area contributed by atoms with Crippen LogP contribution in [0.5, 0.6) is 0 Å². The Morgan fingerprint density at radius 1 is 0.857 bits per heavy atom. The second kappa shape index (κ2) is 10.1. The second-order valence-corrected chi connectivity index (χ2v) is 4.47. The van der Waals surface area contributed by atoms with E-state index >= 15 is 0 Å². The quantitative estimate of drug-likeness (QED) is 0.433. The van der Waals surface area contributed by atoms with Gasteiger partial charge in [0.05, 0.1) is 0 Å². The first kappa shape index (κ1) is 14.6. The molecule has 0 bridgehead atoms. The summed E-state index contributed by atoms with van der Waals surface area (Å²) in [4.78, 5) is 0. The van der Waals surface area contributed by atoms with Gasteiger partial charge < -0.3 is 0 Å². The summed E-state index contributed by atoms with van der Waals surface area (Å²) < 4.78 is 0. The molecule has 1 aliphatic rings. The molecule has 0 amide bonds. The molecule has 1 rings (SSSR count). The minimum atomic E-state index is 0. The zero-order chi connectivity index (χ0) is 9.36. The van der Waals surface area contributed by atoms with Crippen molar-refractivity contribution in [3.05, 3.63) is 5.92 Å². The zero-order valence-corrected chi connectivity index (χ0v) is 9.28. The number of rotatable bonds is 6. The van der Waals surface area contributed by atoms with Gasteiger partial charge >= 0.3 is 18.9 Å². The van der Waals surface area contributed by atoms with Gasteiger partial charge in [0.2, 0.25) is 0 Å². The predicted octanol–water partition coefficient (Wildman–Crippen LogP) is 4.24. The SMILES string of the molecule is CCCCCCC[C]1CCCCC1.[LiH]. The van der Waals surface area contributed by atoms with Gasteiger partial charge in [-0.25, -0.2) is 0 Å². The molecule has 0 aliphatic heterocycles. The molecule has 1 aliphatic carbocycles. The Hall–Kier alpha value is 0.597. The van der Waals surface area contributed by atoms with E-state index in [1.54, 1.807) is 0 Å². The first-order valence-corrected chi connectivity index (χ1v) is 6.27. The van der Waals surface area contributed by atoms with Gasteiger partial charge in [-0.15, -0.1) is 0 Å². The summed E-state index contributed by atoms with van der Waals surface area (Å²) in [6.45, 7) is 2.29. The van der Waals surface area contributed by atoms with Gasteiger partial charge in [-0.05, 0) is 25.2 Å². The van der Waals surface area contributed by atoms with Gasteiger partial charge in [0.15, 0.2) is 0 Å². The van der Waals surface area contributed by atoms with Gasteiger partial charge in [-0.3, -0.25) is 0 Å². The molecular weight excluding hydrogens is 163 g/mol. The van der Waals surface area contributed by atoms with Crippen LogP contribution in [-0.4, -0.2) is 18.9 Å². The zero-order valence-electron chi connectivity index (χ0n) is 9.28.